The van der Waals surface area contributed by atoms with E-state index in [-0.39, 0.29) is 17.7 Å². The largest absolute Gasteiger partial charge is 0.313 e. The average molecular weight is 326 g/mol. The molecule has 0 amide bonds. The van der Waals surface area contributed by atoms with Crippen molar-refractivity contribution in [3.8, 4) is 0 Å². The minimum absolute atomic E-state index is 0.0613. The van der Waals surface area contributed by atoms with Gasteiger partial charge in [0.2, 0.25) is 0 Å². The van der Waals surface area contributed by atoms with Crippen molar-refractivity contribution in [1.29, 1.82) is 0 Å². The fourth-order valence-electron chi connectivity index (χ4n) is 2.03. The topological polar surface area (TPSA) is 12.0 Å². The van der Waals surface area contributed by atoms with Crippen LogP contribution < -0.4 is 5.32 Å². The lowest BCUT2D eigenvalue weighted by Crippen LogP contribution is -2.19. The maximum Gasteiger partial charge on any atom is 0.123 e. The number of nitrogens with one attached hydrogen (secondary N) is 1. The van der Waals surface area contributed by atoms with Crippen molar-refractivity contribution in [3.63, 3.8) is 0 Å². The zero-order valence-electron chi connectivity index (χ0n) is 10.5. The van der Waals surface area contributed by atoms with E-state index in [1.807, 2.05) is 13.1 Å². The molecule has 0 aliphatic heterocycles. The summed E-state index contributed by atoms with van der Waals surface area (Å²) in [4.78, 5) is 0. The summed E-state index contributed by atoms with van der Waals surface area (Å²) in [6.45, 7) is 0. The van der Waals surface area contributed by atoms with Gasteiger partial charge in [0, 0.05) is 10.5 Å². The van der Waals surface area contributed by atoms with E-state index in [1.165, 1.54) is 24.3 Å². The summed E-state index contributed by atoms with van der Waals surface area (Å²) < 4.78 is 27.4. The molecule has 2 rings (SSSR count). The zero-order valence-corrected chi connectivity index (χ0v) is 12.0. The van der Waals surface area contributed by atoms with Crippen LogP contribution in [0.25, 0.3) is 0 Å². The second kappa shape index (κ2) is 6.26. The van der Waals surface area contributed by atoms with Crippen molar-refractivity contribution < 1.29 is 8.78 Å². The standard InChI is InChI=1S/C15H14BrF2N/c1-19-15(10-3-2-4-12(17)7-10)9-11-8-13(18)5-6-14(11)16/h2-8,15,19H,9H2,1H3. The molecule has 2 aromatic rings. The first kappa shape index (κ1) is 14.2. The van der Waals surface area contributed by atoms with Crippen LogP contribution in [-0.2, 0) is 6.42 Å². The summed E-state index contributed by atoms with van der Waals surface area (Å²) in [5.41, 5.74) is 1.70. The molecule has 0 heterocycles. The highest BCUT2D eigenvalue weighted by molar-refractivity contribution is 9.10. The summed E-state index contributed by atoms with van der Waals surface area (Å²) in [5.74, 6) is -0.539. The first-order chi connectivity index (χ1) is 9.10. The van der Waals surface area contributed by atoms with Gasteiger partial charge in [0.1, 0.15) is 11.6 Å². The Hall–Kier alpha value is -1.26. The molecule has 0 aromatic heterocycles. The molecule has 2 aromatic carbocycles. The van der Waals surface area contributed by atoms with Gasteiger partial charge in [0.05, 0.1) is 0 Å². The Morgan fingerprint density at radius 2 is 1.84 bits per heavy atom. The summed E-state index contributed by atoms with van der Waals surface area (Å²) in [6, 6.07) is 11.0. The molecule has 4 heteroatoms. The molecule has 0 aliphatic rings. The van der Waals surface area contributed by atoms with Crippen LogP contribution in [0.5, 0.6) is 0 Å². The minimum Gasteiger partial charge on any atom is -0.313 e. The van der Waals surface area contributed by atoms with Gasteiger partial charge < -0.3 is 5.32 Å². The Kier molecular flexibility index (Phi) is 4.66. The van der Waals surface area contributed by atoms with Crippen LogP contribution in [0.1, 0.15) is 17.2 Å². The highest BCUT2D eigenvalue weighted by atomic mass is 79.9. The van der Waals surface area contributed by atoms with Crippen LogP contribution in [0.15, 0.2) is 46.9 Å². The number of hydrogen-bond donors (Lipinski definition) is 1. The van der Waals surface area contributed by atoms with Crippen molar-refractivity contribution in [1.82, 2.24) is 5.32 Å². The Balaban J connectivity index is 2.26. The first-order valence-electron chi connectivity index (χ1n) is 5.97. The van der Waals surface area contributed by atoms with Gasteiger partial charge in [-0.05, 0) is 54.9 Å². The van der Waals surface area contributed by atoms with Crippen LogP contribution in [0.3, 0.4) is 0 Å². The molecular weight excluding hydrogens is 312 g/mol. The summed E-state index contributed by atoms with van der Waals surface area (Å²) in [7, 11) is 1.81. The van der Waals surface area contributed by atoms with Gasteiger partial charge >= 0.3 is 0 Å². The predicted octanol–water partition coefficient (Wildman–Crippen LogP) is 4.23. The van der Waals surface area contributed by atoms with Crippen molar-refractivity contribution >= 4 is 15.9 Å². The van der Waals surface area contributed by atoms with E-state index in [0.717, 1.165) is 15.6 Å². The fraction of sp³-hybridized carbons (Fsp3) is 0.200. The van der Waals surface area contributed by atoms with Crippen LogP contribution >= 0.6 is 15.9 Å². The van der Waals surface area contributed by atoms with E-state index in [2.05, 4.69) is 21.2 Å². The first-order valence-corrected chi connectivity index (χ1v) is 6.76. The summed E-state index contributed by atoms with van der Waals surface area (Å²) in [5, 5.41) is 3.13. The number of hydrogen-bond acceptors (Lipinski definition) is 1. The molecule has 1 unspecified atom stereocenters. The number of benzene rings is 2. The van der Waals surface area contributed by atoms with Gasteiger partial charge in [-0.15, -0.1) is 0 Å². The van der Waals surface area contributed by atoms with Crippen molar-refractivity contribution in [2.24, 2.45) is 0 Å². The van der Waals surface area contributed by atoms with Gasteiger partial charge in [0.15, 0.2) is 0 Å². The van der Waals surface area contributed by atoms with E-state index in [9.17, 15) is 8.78 Å². The Bertz CT molecular complexity index is 572. The Labute approximate surface area is 119 Å². The lowest BCUT2D eigenvalue weighted by Gasteiger charge is -2.17. The fourth-order valence-corrected chi connectivity index (χ4v) is 2.44. The molecule has 0 saturated carbocycles. The quantitative estimate of drug-likeness (QED) is 0.887. The van der Waals surface area contributed by atoms with Gasteiger partial charge in [-0.25, -0.2) is 8.78 Å². The number of rotatable bonds is 4. The average Bonchev–Trinajstić information content (AvgIpc) is 2.39. The smallest absolute Gasteiger partial charge is 0.123 e. The number of halogens is 3. The van der Waals surface area contributed by atoms with Gasteiger partial charge in [0.25, 0.3) is 0 Å². The molecule has 0 saturated heterocycles. The molecule has 0 spiro atoms. The molecular formula is C15H14BrF2N. The molecule has 0 fully saturated rings. The van der Waals surface area contributed by atoms with Crippen LogP contribution in [0.4, 0.5) is 8.78 Å². The minimum atomic E-state index is -0.271. The van der Waals surface area contributed by atoms with E-state index in [1.54, 1.807) is 12.1 Å². The third-order valence-electron chi connectivity index (χ3n) is 3.03. The Morgan fingerprint density at radius 1 is 1.11 bits per heavy atom. The third kappa shape index (κ3) is 3.61. The summed E-state index contributed by atoms with van der Waals surface area (Å²) in [6.07, 6.45) is 0.582. The van der Waals surface area contributed by atoms with Crippen molar-refractivity contribution in [2.45, 2.75) is 12.5 Å². The lowest BCUT2D eigenvalue weighted by atomic mass is 9.99. The van der Waals surface area contributed by atoms with Gasteiger partial charge in [-0.1, -0.05) is 28.1 Å². The molecule has 0 aliphatic carbocycles. The lowest BCUT2D eigenvalue weighted by molar-refractivity contribution is 0.571. The summed E-state index contributed by atoms with van der Waals surface area (Å²) >= 11 is 3.41. The molecule has 100 valence electrons. The normalized spacial score (nSPS) is 12.4. The second-order valence-electron chi connectivity index (χ2n) is 4.34. The molecule has 0 bridgehead atoms. The van der Waals surface area contributed by atoms with Crippen molar-refractivity contribution in [3.05, 3.63) is 69.7 Å². The molecule has 1 atom stereocenters. The van der Waals surface area contributed by atoms with E-state index < -0.39 is 0 Å². The third-order valence-corrected chi connectivity index (χ3v) is 3.80. The maximum absolute atomic E-state index is 13.3. The van der Waals surface area contributed by atoms with Crippen LogP contribution in [0.2, 0.25) is 0 Å². The van der Waals surface area contributed by atoms with Crippen LogP contribution in [-0.4, -0.2) is 7.05 Å². The van der Waals surface area contributed by atoms with E-state index in [4.69, 9.17) is 0 Å². The second-order valence-corrected chi connectivity index (χ2v) is 5.19. The highest BCUT2D eigenvalue weighted by Crippen LogP contribution is 2.25. The van der Waals surface area contributed by atoms with Crippen molar-refractivity contribution in [2.75, 3.05) is 7.05 Å². The SMILES string of the molecule is CNC(Cc1cc(F)ccc1Br)c1cccc(F)c1. The number of likely N-dealkylation sites (N-methyl/N-ethyl adjacent to an activating group) is 1. The van der Waals surface area contributed by atoms with Crippen LogP contribution in [0, 0.1) is 11.6 Å². The van der Waals surface area contributed by atoms with E-state index >= 15 is 0 Å². The highest BCUT2D eigenvalue weighted by Gasteiger charge is 2.13. The maximum atomic E-state index is 13.3. The zero-order chi connectivity index (χ0) is 13.8. The predicted molar refractivity (Wildman–Crippen MR) is 76.0 cm³/mol. The Morgan fingerprint density at radius 3 is 2.53 bits per heavy atom. The monoisotopic (exact) mass is 325 g/mol. The molecule has 1 N–H and O–H groups in total. The van der Waals surface area contributed by atoms with Gasteiger partial charge in [-0.3, -0.25) is 0 Å². The van der Waals surface area contributed by atoms with Gasteiger partial charge in [-0.2, -0.15) is 0 Å². The van der Waals surface area contributed by atoms with E-state index in [0.29, 0.717) is 6.42 Å². The molecule has 1 nitrogen and oxygen atoms in total. The molecule has 19 heavy (non-hydrogen) atoms. The molecule has 0 radical (unpaired) electrons.